The third kappa shape index (κ3) is 2.87. The highest BCUT2D eigenvalue weighted by Crippen LogP contribution is 2.30. The van der Waals surface area contributed by atoms with Crippen LogP contribution in [0.2, 0.25) is 0 Å². The maximum absolute atomic E-state index is 11.9. The number of allylic oxidation sites excluding steroid dienone is 1. The van der Waals surface area contributed by atoms with Gasteiger partial charge in [-0.05, 0) is 34.9 Å². The van der Waals surface area contributed by atoms with Crippen LogP contribution in [0, 0.1) is 0 Å². The van der Waals surface area contributed by atoms with Crippen molar-refractivity contribution >= 4 is 36.1 Å². The predicted molar refractivity (Wildman–Crippen MR) is 102 cm³/mol. The Balaban J connectivity index is 1.70. The Morgan fingerprint density at radius 2 is 1.85 bits per heavy atom. The summed E-state index contributed by atoms with van der Waals surface area (Å²) >= 11 is 0. The first-order valence-corrected chi connectivity index (χ1v) is 8.25. The Bertz CT molecular complexity index is 975. The lowest BCUT2D eigenvalue weighted by Crippen LogP contribution is -2.34. The summed E-state index contributed by atoms with van der Waals surface area (Å²) < 4.78 is 0.284. The molecule has 0 bridgehead atoms. The third-order valence-electron chi connectivity index (χ3n) is 4.51. The van der Waals surface area contributed by atoms with Gasteiger partial charge in [0.2, 0.25) is 12.2 Å². The van der Waals surface area contributed by atoms with Crippen molar-refractivity contribution in [1.82, 2.24) is 9.91 Å². The SMILES string of the molecule is C[N+]1(c2ccc(-c3ccccc3/C=C3\NC(=O)CC3=O)cc2)C=NC=N1. The Labute approximate surface area is 150 Å². The van der Waals surface area contributed by atoms with Gasteiger partial charge in [0.15, 0.2) is 17.8 Å². The summed E-state index contributed by atoms with van der Waals surface area (Å²) in [6, 6.07) is 15.8. The van der Waals surface area contributed by atoms with E-state index in [4.69, 9.17) is 0 Å². The molecule has 26 heavy (non-hydrogen) atoms. The smallest absolute Gasteiger partial charge is 0.232 e. The molecule has 1 N–H and O–H groups in total. The van der Waals surface area contributed by atoms with Gasteiger partial charge < -0.3 is 5.32 Å². The van der Waals surface area contributed by atoms with Crippen LogP contribution in [0.4, 0.5) is 5.69 Å². The molecule has 0 aromatic heterocycles. The number of rotatable bonds is 3. The molecule has 0 radical (unpaired) electrons. The Kier molecular flexibility index (Phi) is 3.82. The molecule has 1 atom stereocenters. The number of ketones is 1. The minimum Gasteiger partial charge on any atom is -0.323 e. The number of nitrogens with one attached hydrogen (secondary N) is 1. The highest BCUT2D eigenvalue weighted by molar-refractivity contribution is 6.17. The first-order valence-electron chi connectivity index (χ1n) is 8.25. The van der Waals surface area contributed by atoms with Crippen molar-refractivity contribution in [2.75, 3.05) is 7.05 Å². The second-order valence-corrected chi connectivity index (χ2v) is 6.36. The molecule has 6 heteroatoms. The molecule has 1 fully saturated rings. The maximum Gasteiger partial charge on any atom is 0.232 e. The van der Waals surface area contributed by atoms with Crippen LogP contribution in [0.15, 0.2) is 64.3 Å². The number of carbonyl (C=O) groups is 2. The molecule has 1 saturated heterocycles. The topological polar surface area (TPSA) is 70.9 Å². The van der Waals surface area contributed by atoms with Crippen molar-refractivity contribution in [2.45, 2.75) is 6.42 Å². The number of carbonyl (C=O) groups excluding carboxylic acids is 2. The molecule has 0 spiro atoms. The first kappa shape index (κ1) is 16.1. The molecular weight excluding hydrogens is 328 g/mol. The zero-order valence-electron chi connectivity index (χ0n) is 14.2. The highest BCUT2D eigenvalue weighted by atomic mass is 16.2. The van der Waals surface area contributed by atoms with Crippen LogP contribution >= 0.6 is 0 Å². The minimum atomic E-state index is -0.257. The molecule has 2 aromatic carbocycles. The van der Waals surface area contributed by atoms with Gasteiger partial charge in [-0.1, -0.05) is 29.4 Å². The average molecular weight is 345 g/mol. The van der Waals surface area contributed by atoms with Gasteiger partial charge in [-0.3, -0.25) is 9.59 Å². The summed E-state index contributed by atoms with van der Waals surface area (Å²) in [6.07, 6.45) is 4.97. The molecular formula is C20H17N4O2+. The number of quaternary nitrogens is 1. The van der Waals surface area contributed by atoms with Crippen LogP contribution in [-0.4, -0.2) is 31.4 Å². The van der Waals surface area contributed by atoms with Crippen molar-refractivity contribution in [3.05, 3.63) is 59.8 Å². The fourth-order valence-corrected chi connectivity index (χ4v) is 3.07. The van der Waals surface area contributed by atoms with Crippen molar-refractivity contribution in [3.8, 4) is 11.1 Å². The molecule has 128 valence electrons. The molecule has 2 heterocycles. The number of hydrogen-bond acceptors (Lipinski definition) is 4. The van der Waals surface area contributed by atoms with Gasteiger partial charge in [0.05, 0.1) is 12.1 Å². The summed E-state index contributed by atoms with van der Waals surface area (Å²) in [5.41, 5.74) is 4.23. The van der Waals surface area contributed by atoms with E-state index in [-0.39, 0.29) is 22.7 Å². The summed E-state index contributed by atoms with van der Waals surface area (Å²) in [6.45, 7) is 0. The first-order chi connectivity index (χ1) is 12.5. The lowest BCUT2D eigenvalue weighted by molar-refractivity contribution is -0.121. The van der Waals surface area contributed by atoms with E-state index in [1.807, 2.05) is 55.6 Å². The van der Waals surface area contributed by atoms with Crippen LogP contribution in [0.25, 0.3) is 17.2 Å². The lowest BCUT2D eigenvalue weighted by atomic mass is 9.98. The lowest BCUT2D eigenvalue weighted by Gasteiger charge is -2.18. The Morgan fingerprint density at radius 1 is 1.08 bits per heavy atom. The molecule has 0 saturated carbocycles. The predicted octanol–water partition coefficient (Wildman–Crippen LogP) is 2.71. The molecule has 2 aliphatic heterocycles. The van der Waals surface area contributed by atoms with Gasteiger partial charge >= 0.3 is 0 Å². The van der Waals surface area contributed by atoms with E-state index in [0.717, 1.165) is 22.4 Å². The van der Waals surface area contributed by atoms with Crippen molar-refractivity contribution in [3.63, 3.8) is 0 Å². The summed E-state index contributed by atoms with van der Waals surface area (Å²) in [5.74, 6) is -0.434. The van der Waals surface area contributed by atoms with Crippen LogP contribution in [-0.2, 0) is 9.59 Å². The van der Waals surface area contributed by atoms with E-state index >= 15 is 0 Å². The quantitative estimate of drug-likeness (QED) is 0.528. The van der Waals surface area contributed by atoms with E-state index in [1.165, 1.54) is 0 Å². The summed E-state index contributed by atoms with van der Waals surface area (Å²) in [4.78, 5) is 27.4. The van der Waals surface area contributed by atoms with Crippen molar-refractivity contribution in [2.24, 2.45) is 10.1 Å². The second-order valence-electron chi connectivity index (χ2n) is 6.36. The molecule has 2 aromatic rings. The van der Waals surface area contributed by atoms with E-state index < -0.39 is 0 Å². The maximum atomic E-state index is 11.9. The van der Waals surface area contributed by atoms with Crippen LogP contribution in [0.5, 0.6) is 0 Å². The fourth-order valence-electron chi connectivity index (χ4n) is 3.07. The summed E-state index contributed by atoms with van der Waals surface area (Å²) in [5, 5.41) is 6.97. The van der Waals surface area contributed by atoms with E-state index in [0.29, 0.717) is 5.70 Å². The number of nitrogens with zero attached hydrogens (tertiary/aromatic N) is 3. The molecule has 6 nitrogen and oxygen atoms in total. The fraction of sp³-hybridized carbons (Fsp3) is 0.100. The van der Waals surface area contributed by atoms with E-state index in [1.54, 1.807) is 18.8 Å². The van der Waals surface area contributed by atoms with Gasteiger partial charge in [-0.2, -0.15) is 4.99 Å². The van der Waals surface area contributed by atoms with E-state index in [2.05, 4.69) is 15.4 Å². The monoisotopic (exact) mass is 345 g/mol. The van der Waals surface area contributed by atoms with E-state index in [9.17, 15) is 9.59 Å². The van der Waals surface area contributed by atoms with Crippen LogP contribution in [0.3, 0.4) is 0 Å². The highest BCUT2D eigenvalue weighted by Gasteiger charge is 2.26. The molecule has 1 unspecified atom stereocenters. The van der Waals surface area contributed by atoms with Gasteiger partial charge in [0.25, 0.3) is 0 Å². The number of Topliss-reactive ketones (excluding diaryl/α,β-unsaturated/α-hetero) is 1. The van der Waals surface area contributed by atoms with Gasteiger partial charge in [0.1, 0.15) is 7.05 Å². The normalized spacial score (nSPS) is 23.0. The van der Waals surface area contributed by atoms with Crippen LogP contribution in [0.1, 0.15) is 12.0 Å². The standard InChI is InChI=1S/C20H16N4O2/c1-24(13-21-12-22-24)16-8-6-14(7-9-16)17-5-3-2-4-15(17)10-18-19(25)11-20(26)23-18/h2-10,12-13H,11H2,1H3/p+1/b18-10-. The van der Waals surface area contributed by atoms with Crippen molar-refractivity contribution in [1.29, 1.82) is 0 Å². The van der Waals surface area contributed by atoms with Crippen molar-refractivity contribution < 1.29 is 9.59 Å². The number of hydrogen-bond donors (Lipinski definition) is 1. The van der Waals surface area contributed by atoms with Gasteiger partial charge in [-0.15, -0.1) is 4.59 Å². The molecule has 1 amide bonds. The second kappa shape index (κ2) is 6.16. The largest absolute Gasteiger partial charge is 0.323 e. The van der Waals surface area contributed by atoms with Gasteiger partial charge in [-0.25, -0.2) is 0 Å². The average Bonchev–Trinajstić information content (AvgIpc) is 3.22. The zero-order valence-corrected chi connectivity index (χ0v) is 14.2. The van der Waals surface area contributed by atoms with Crippen LogP contribution < -0.4 is 9.91 Å². The Morgan fingerprint density at radius 3 is 2.50 bits per heavy atom. The third-order valence-corrected chi connectivity index (χ3v) is 4.51. The number of benzene rings is 2. The number of aliphatic imine (C=N–C) groups is 1. The molecule has 4 rings (SSSR count). The van der Waals surface area contributed by atoms with Gasteiger partial charge in [0, 0.05) is 12.1 Å². The number of amides is 1. The zero-order chi connectivity index (χ0) is 18.1. The summed E-state index contributed by atoms with van der Waals surface area (Å²) in [7, 11) is 1.95. The minimum absolute atomic E-state index is 0.0821. The molecule has 2 aliphatic rings. The Hall–Kier alpha value is -3.38. The molecule has 0 aliphatic carbocycles.